The zero-order valence-electron chi connectivity index (χ0n) is 18.9. The molecule has 1 unspecified atom stereocenters. The Balaban J connectivity index is 1.26. The highest BCUT2D eigenvalue weighted by atomic mass is 16.3. The number of benzene rings is 2. The van der Waals surface area contributed by atoms with Gasteiger partial charge in [-0.05, 0) is 59.4 Å². The van der Waals surface area contributed by atoms with Crippen LogP contribution in [-0.2, 0) is 11.2 Å². The number of aromatic nitrogens is 4. The lowest BCUT2D eigenvalue weighted by atomic mass is 9.97. The van der Waals surface area contributed by atoms with E-state index in [0.717, 1.165) is 77.0 Å². The van der Waals surface area contributed by atoms with Crippen molar-refractivity contribution < 1.29 is 9.90 Å². The van der Waals surface area contributed by atoms with Gasteiger partial charge in [0.2, 0.25) is 5.91 Å². The van der Waals surface area contributed by atoms with Gasteiger partial charge >= 0.3 is 0 Å². The molecule has 6 rings (SSSR count). The van der Waals surface area contributed by atoms with Gasteiger partial charge in [0.25, 0.3) is 0 Å². The summed E-state index contributed by atoms with van der Waals surface area (Å²) in [5, 5.41) is 21.4. The van der Waals surface area contributed by atoms with Crippen LogP contribution in [0.2, 0.25) is 0 Å². The Bertz CT molecular complexity index is 1430. The monoisotopic (exact) mass is 454 g/mol. The number of nitrogens with zero attached hydrogens (tertiary/aromatic N) is 3. The molecule has 4 N–H and O–H groups in total. The van der Waals surface area contributed by atoms with Crippen LogP contribution in [0.4, 0.5) is 0 Å². The number of phenolic OH excluding ortho intramolecular Hbond substituents is 1. The van der Waals surface area contributed by atoms with Crippen molar-refractivity contribution in [1.29, 1.82) is 0 Å². The van der Waals surface area contributed by atoms with Crippen LogP contribution in [0, 0.1) is 0 Å². The quantitative estimate of drug-likeness (QED) is 0.369. The van der Waals surface area contributed by atoms with Crippen LogP contribution in [0.15, 0.2) is 48.7 Å². The van der Waals surface area contributed by atoms with Crippen LogP contribution in [0.5, 0.6) is 5.75 Å². The number of aromatic hydroxyl groups is 1. The molecule has 1 amide bonds. The van der Waals surface area contributed by atoms with Gasteiger partial charge in [-0.15, -0.1) is 0 Å². The molecule has 2 aliphatic rings. The first-order chi connectivity index (χ1) is 16.6. The molecule has 34 heavy (non-hydrogen) atoms. The molecule has 4 aromatic rings. The number of imidazole rings is 1. The van der Waals surface area contributed by atoms with Crippen LogP contribution >= 0.6 is 0 Å². The maximum Gasteiger partial charge on any atom is 0.237 e. The highest BCUT2D eigenvalue weighted by Gasteiger charge is 2.32. The molecule has 0 spiro atoms. The van der Waals surface area contributed by atoms with Crippen molar-refractivity contribution in [1.82, 2.24) is 30.4 Å². The lowest BCUT2D eigenvalue weighted by molar-refractivity contribution is -0.123. The predicted molar refractivity (Wildman–Crippen MR) is 131 cm³/mol. The second-order valence-electron chi connectivity index (χ2n) is 8.93. The number of carbonyl (C=O) groups excluding carboxylic acids is 1. The first-order valence-electron chi connectivity index (χ1n) is 11.7. The number of phenols is 1. The van der Waals surface area contributed by atoms with Crippen molar-refractivity contribution in [2.45, 2.75) is 25.8 Å². The topological polar surface area (TPSA) is 110 Å². The van der Waals surface area contributed by atoms with Crippen LogP contribution in [0.3, 0.4) is 0 Å². The van der Waals surface area contributed by atoms with Crippen molar-refractivity contribution in [3.63, 3.8) is 0 Å². The second-order valence-corrected chi connectivity index (χ2v) is 8.93. The van der Waals surface area contributed by atoms with E-state index in [9.17, 15) is 9.90 Å². The number of aromatic amines is 2. The van der Waals surface area contributed by atoms with E-state index in [1.807, 2.05) is 18.3 Å². The zero-order chi connectivity index (χ0) is 23.2. The third-order valence-corrected chi connectivity index (χ3v) is 6.90. The van der Waals surface area contributed by atoms with E-state index in [0.29, 0.717) is 5.82 Å². The highest BCUT2D eigenvalue weighted by Crippen LogP contribution is 2.33. The van der Waals surface area contributed by atoms with Crippen molar-refractivity contribution in [3.8, 4) is 28.4 Å². The SMILES string of the molecule is CCc1cc(O)ccc1-c1ccc2c(-c3ncc(C4=CCN(C5CCNC5=O)C4)[nH]3)n[nH]c2c1. The molecule has 2 aliphatic heterocycles. The van der Waals surface area contributed by atoms with Crippen molar-refractivity contribution in [3.05, 3.63) is 59.9 Å². The minimum Gasteiger partial charge on any atom is -0.508 e. The first kappa shape index (κ1) is 20.7. The number of fused-ring (bicyclic) bond motifs is 1. The fraction of sp³-hybridized carbons (Fsp3) is 0.269. The molecule has 0 radical (unpaired) electrons. The summed E-state index contributed by atoms with van der Waals surface area (Å²) in [6.45, 7) is 4.34. The second kappa shape index (κ2) is 8.14. The van der Waals surface area contributed by atoms with Gasteiger partial charge in [0.1, 0.15) is 11.4 Å². The van der Waals surface area contributed by atoms with E-state index < -0.39 is 0 Å². The Kier molecular flexibility index (Phi) is 4.95. The van der Waals surface area contributed by atoms with Gasteiger partial charge in [-0.2, -0.15) is 5.10 Å². The third kappa shape index (κ3) is 3.47. The molecule has 0 saturated carbocycles. The van der Waals surface area contributed by atoms with Gasteiger partial charge in [0.05, 0.1) is 23.4 Å². The van der Waals surface area contributed by atoms with E-state index in [1.54, 1.807) is 6.07 Å². The number of amides is 1. The van der Waals surface area contributed by atoms with Crippen molar-refractivity contribution in [2.24, 2.45) is 0 Å². The average Bonchev–Trinajstić information content (AvgIpc) is 3.63. The maximum atomic E-state index is 12.0. The molecule has 1 saturated heterocycles. The molecule has 8 nitrogen and oxygen atoms in total. The maximum absolute atomic E-state index is 12.0. The molecule has 172 valence electrons. The minimum absolute atomic E-state index is 0.0394. The van der Waals surface area contributed by atoms with Gasteiger partial charge in [-0.25, -0.2) is 4.98 Å². The normalized spacial score (nSPS) is 18.6. The van der Waals surface area contributed by atoms with E-state index in [-0.39, 0.29) is 17.7 Å². The van der Waals surface area contributed by atoms with E-state index in [2.05, 4.69) is 61.6 Å². The van der Waals surface area contributed by atoms with E-state index in [4.69, 9.17) is 0 Å². The summed E-state index contributed by atoms with van der Waals surface area (Å²) in [6, 6.07) is 11.7. The molecule has 2 aromatic heterocycles. The highest BCUT2D eigenvalue weighted by molar-refractivity contribution is 5.94. The smallest absolute Gasteiger partial charge is 0.237 e. The lowest BCUT2D eigenvalue weighted by Crippen LogP contribution is -2.39. The van der Waals surface area contributed by atoms with Gasteiger partial charge in [-0.3, -0.25) is 14.8 Å². The summed E-state index contributed by atoms with van der Waals surface area (Å²) in [4.78, 5) is 22.3. The Hall–Kier alpha value is -3.91. The Morgan fingerprint density at radius 1 is 1.21 bits per heavy atom. The molecule has 1 atom stereocenters. The number of rotatable bonds is 5. The molecular formula is C26H26N6O2. The Morgan fingerprint density at radius 2 is 2.12 bits per heavy atom. The van der Waals surface area contributed by atoms with Crippen molar-refractivity contribution >= 4 is 22.4 Å². The molecule has 4 heterocycles. The predicted octanol–water partition coefficient (Wildman–Crippen LogP) is 3.48. The summed E-state index contributed by atoms with van der Waals surface area (Å²) in [5.74, 6) is 1.12. The lowest BCUT2D eigenvalue weighted by Gasteiger charge is -2.21. The Labute approximate surface area is 196 Å². The van der Waals surface area contributed by atoms with Crippen LogP contribution in [-0.4, -0.2) is 61.8 Å². The summed E-state index contributed by atoms with van der Waals surface area (Å²) in [5.41, 5.74) is 7.10. The number of carbonyl (C=O) groups is 1. The zero-order valence-corrected chi connectivity index (χ0v) is 18.9. The fourth-order valence-corrected chi connectivity index (χ4v) is 5.06. The summed E-state index contributed by atoms with van der Waals surface area (Å²) >= 11 is 0. The molecule has 8 heteroatoms. The standard InChI is InChI=1S/C26H26N6O2/c1-2-15-11-18(33)4-6-19(15)16-3-5-20-21(12-16)30-31-24(20)25-28-13-22(29-25)17-8-10-32(14-17)23-7-9-27-26(23)34/h3-6,8,11-13,23,33H,2,7,9-10,14H2,1H3,(H,27,34)(H,28,29)(H,30,31). The van der Waals surface area contributed by atoms with Gasteiger partial charge in [0.15, 0.2) is 5.82 Å². The molecule has 1 fully saturated rings. The average molecular weight is 455 g/mol. The van der Waals surface area contributed by atoms with Crippen LogP contribution in [0.25, 0.3) is 39.1 Å². The first-order valence-corrected chi connectivity index (χ1v) is 11.7. The summed E-state index contributed by atoms with van der Waals surface area (Å²) in [7, 11) is 0. The van der Waals surface area contributed by atoms with Crippen LogP contribution in [0.1, 0.15) is 24.6 Å². The summed E-state index contributed by atoms with van der Waals surface area (Å²) in [6.07, 6.45) is 5.71. The molecule has 2 aromatic carbocycles. The van der Waals surface area contributed by atoms with Crippen LogP contribution < -0.4 is 5.32 Å². The van der Waals surface area contributed by atoms with Crippen molar-refractivity contribution in [2.75, 3.05) is 19.6 Å². The van der Waals surface area contributed by atoms with Gasteiger partial charge in [-0.1, -0.05) is 25.1 Å². The largest absolute Gasteiger partial charge is 0.508 e. The van der Waals surface area contributed by atoms with Gasteiger partial charge in [0, 0.05) is 25.0 Å². The van der Waals surface area contributed by atoms with E-state index in [1.165, 1.54) is 0 Å². The fourth-order valence-electron chi connectivity index (χ4n) is 5.06. The van der Waals surface area contributed by atoms with E-state index >= 15 is 0 Å². The molecule has 0 aliphatic carbocycles. The number of H-pyrrole nitrogens is 2. The Morgan fingerprint density at radius 3 is 2.94 bits per heavy atom. The molecular weight excluding hydrogens is 428 g/mol. The number of aryl methyl sites for hydroxylation is 1. The number of hydrogen-bond donors (Lipinski definition) is 4. The third-order valence-electron chi connectivity index (χ3n) is 6.90. The summed E-state index contributed by atoms with van der Waals surface area (Å²) < 4.78 is 0. The number of nitrogens with one attached hydrogen (secondary N) is 3. The molecule has 0 bridgehead atoms. The van der Waals surface area contributed by atoms with Gasteiger partial charge < -0.3 is 15.4 Å². The minimum atomic E-state index is -0.0394. The number of hydrogen-bond acceptors (Lipinski definition) is 5.